The quantitative estimate of drug-likeness (QED) is 0.924. The fraction of sp³-hybridized carbons (Fsp3) is 0.650. The normalized spacial score (nSPS) is 31.1. The molecule has 1 N–H and O–H groups in total. The monoisotopic (exact) mass is 328 g/mol. The van der Waals surface area contributed by atoms with Crippen LogP contribution in [-0.2, 0) is 16.1 Å². The summed E-state index contributed by atoms with van der Waals surface area (Å²) in [5.74, 6) is 0.749. The molecule has 0 radical (unpaired) electrons. The average molecular weight is 328 g/mol. The average Bonchev–Trinajstić information content (AvgIpc) is 2.58. The van der Waals surface area contributed by atoms with Gasteiger partial charge >= 0.3 is 0 Å². The molecule has 2 heterocycles. The fourth-order valence-corrected chi connectivity index (χ4v) is 4.36. The van der Waals surface area contributed by atoms with Gasteiger partial charge in [0.1, 0.15) is 0 Å². The van der Waals surface area contributed by atoms with Crippen LogP contribution in [0.1, 0.15) is 37.7 Å². The van der Waals surface area contributed by atoms with Crippen LogP contribution >= 0.6 is 0 Å². The molecule has 3 fully saturated rings. The first-order chi connectivity index (χ1) is 11.8. The van der Waals surface area contributed by atoms with Crippen LogP contribution in [0.2, 0.25) is 0 Å². The van der Waals surface area contributed by atoms with E-state index in [1.807, 2.05) is 0 Å². The lowest BCUT2D eigenvalue weighted by atomic mass is 9.78. The van der Waals surface area contributed by atoms with E-state index in [4.69, 9.17) is 4.74 Å². The van der Waals surface area contributed by atoms with Gasteiger partial charge in [0.15, 0.2) is 0 Å². The van der Waals surface area contributed by atoms with Gasteiger partial charge < -0.3 is 10.1 Å². The standard InChI is InChI=1S/C20H28N2O2/c23-20(21-16-7-4-8-16)17-10-12-24-19-9-11-22(14-18(17)19)13-15-5-2-1-3-6-15/h1-3,5-6,16-19H,4,7-14H2,(H,21,23)/t17-,18+,19-/m1/s1. The number of carbonyl (C=O) groups excluding carboxylic acids is 1. The van der Waals surface area contributed by atoms with Gasteiger partial charge in [0.2, 0.25) is 5.91 Å². The van der Waals surface area contributed by atoms with Crippen LogP contribution in [-0.4, -0.2) is 42.6 Å². The van der Waals surface area contributed by atoms with Crippen LogP contribution in [0, 0.1) is 11.8 Å². The lowest BCUT2D eigenvalue weighted by Gasteiger charge is -2.45. The van der Waals surface area contributed by atoms with Gasteiger partial charge in [-0.1, -0.05) is 30.3 Å². The van der Waals surface area contributed by atoms with Crippen molar-refractivity contribution in [3.05, 3.63) is 35.9 Å². The number of benzene rings is 1. The Labute approximate surface area is 144 Å². The van der Waals surface area contributed by atoms with Crippen molar-refractivity contribution in [3.8, 4) is 0 Å². The zero-order chi connectivity index (χ0) is 16.4. The highest BCUT2D eigenvalue weighted by Crippen LogP contribution is 2.34. The van der Waals surface area contributed by atoms with Gasteiger partial charge in [-0.3, -0.25) is 9.69 Å². The zero-order valence-electron chi connectivity index (χ0n) is 14.3. The number of nitrogens with zero attached hydrogens (tertiary/aromatic N) is 1. The lowest BCUT2D eigenvalue weighted by molar-refractivity contribution is -0.143. The van der Waals surface area contributed by atoms with Crippen molar-refractivity contribution in [1.29, 1.82) is 0 Å². The molecule has 0 bridgehead atoms. The van der Waals surface area contributed by atoms with Crippen LogP contribution in [0.3, 0.4) is 0 Å². The van der Waals surface area contributed by atoms with Gasteiger partial charge in [0, 0.05) is 44.1 Å². The molecular weight excluding hydrogens is 300 g/mol. The molecule has 0 spiro atoms. The second-order valence-corrected chi connectivity index (χ2v) is 7.61. The smallest absolute Gasteiger partial charge is 0.223 e. The number of rotatable bonds is 4. The van der Waals surface area contributed by atoms with E-state index in [1.54, 1.807) is 0 Å². The number of amides is 1. The summed E-state index contributed by atoms with van der Waals surface area (Å²) in [6.07, 6.45) is 5.76. The summed E-state index contributed by atoms with van der Waals surface area (Å²) >= 11 is 0. The second kappa shape index (κ2) is 7.24. The topological polar surface area (TPSA) is 41.6 Å². The van der Waals surface area contributed by atoms with Crippen molar-refractivity contribution in [2.24, 2.45) is 11.8 Å². The highest BCUT2D eigenvalue weighted by atomic mass is 16.5. The van der Waals surface area contributed by atoms with Gasteiger partial charge in [0.25, 0.3) is 0 Å². The first-order valence-electron chi connectivity index (χ1n) is 9.48. The zero-order valence-corrected chi connectivity index (χ0v) is 14.3. The Hall–Kier alpha value is -1.39. The number of hydrogen-bond acceptors (Lipinski definition) is 3. The third-order valence-electron chi connectivity index (χ3n) is 5.99. The number of likely N-dealkylation sites (tertiary alicyclic amines) is 1. The van der Waals surface area contributed by atoms with E-state index in [0.29, 0.717) is 12.0 Å². The van der Waals surface area contributed by atoms with Crippen LogP contribution in [0.15, 0.2) is 30.3 Å². The van der Waals surface area contributed by atoms with Crippen molar-refractivity contribution in [2.45, 2.75) is 50.8 Å². The first kappa shape index (κ1) is 16.1. The predicted molar refractivity (Wildman–Crippen MR) is 93.5 cm³/mol. The molecule has 1 aromatic rings. The SMILES string of the molecule is O=C(NC1CCC1)[C@@H]1CCO[C@@H]2CCN(Cc3ccccc3)C[C@H]21. The maximum absolute atomic E-state index is 12.7. The minimum atomic E-state index is 0.128. The lowest BCUT2D eigenvalue weighted by Crippen LogP contribution is -2.54. The van der Waals surface area contributed by atoms with E-state index in [0.717, 1.165) is 51.9 Å². The molecule has 3 atom stereocenters. The van der Waals surface area contributed by atoms with Crippen molar-refractivity contribution in [2.75, 3.05) is 19.7 Å². The summed E-state index contributed by atoms with van der Waals surface area (Å²) < 4.78 is 6.00. The highest BCUT2D eigenvalue weighted by molar-refractivity contribution is 5.79. The van der Waals surface area contributed by atoms with Crippen molar-refractivity contribution in [1.82, 2.24) is 10.2 Å². The Morgan fingerprint density at radius 2 is 2.00 bits per heavy atom. The summed E-state index contributed by atoms with van der Waals surface area (Å²) in [6, 6.07) is 11.1. The maximum atomic E-state index is 12.7. The molecule has 1 aromatic carbocycles. The van der Waals surface area contributed by atoms with Gasteiger partial charge in [-0.25, -0.2) is 0 Å². The van der Waals surface area contributed by atoms with Crippen LogP contribution < -0.4 is 5.32 Å². The van der Waals surface area contributed by atoms with E-state index < -0.39 is 0 Å². The predicted octanol–water partition coefficient (Wildman–Crippen LogP) is 2.58. The molecule has 1 amide bonds. The molecule has 4 rings (SSSR count). The summed E-state index contributed by atoms with van der Waals surface area (Å²) in [4.78, 5) is 15.2. The molecule has 4 heteroatoms. The molecule has 0 unspecified atom stereocenters. The van der Waals surface area contributed by atoms with Crippen LogP contribution in [0.5, 0.6) is 0 Å². The summed E-state index contributed by atoms with van der Waals surface area (Å²) in [5.41, 5.74) is 1.35. The number of nitrogens with one attached hydrogen (secondary N) is 1. The largest absolute Gasteiger partial charge is 0.378 e. The van der Waals surface area contributed by atoms with Crippen molar-refractivity contribution in [3.63, 3.8) is 0 Å². The Balaban J connectivity index is 1.40. The van der Waals surface area contributed by atoms with E-state index >= 15 is 0 Å². The molecule has 1 saturated carbocycles. The first-order valence-corrected chi connectivity index (χ1v) is 9.48. The Morgan fingerprint density at radius 3 is 2.75 bits per heavy atom. The minimum absolute atomic E-state index is 0.128. The van der Waals surface area contributed by atoms with E-state index in [9.17, 15) is 4.79 Å². The summed E-state index contributed by atoms with van der Waals surface area (Å²) in [5, 5.41) is 3.27. The van der Waals surface area contributed by atoms with Crippen molar-refractivity contribution >= 4 is 5.91 Å². The van der Waals surface area contributed by atoms with Gasteiger partial charge in [-0.2, -0.15) is 0 Å². The number of carbonyl (C=O) groups is 1. The Morgan fingerprint density at radius 1 is 1.17 bits per heavy atom. The third kappa shape index (κ3) is 3.50. The Bertz CT molecular complexity index is 558. The van der Waals surface area contributed by atoms with E-state index in [1.165, 1.54) is 12.0 Å². The number of piperidine rings is 1. The second-order valence-electron chi connectivity index (χ2n) is 7.61. The Kier molecular flexibility index (Phi) is 4.86. The van der Waals surface area contributed by atoms with Crippen LogP contribution in [0.4, 0.5) is 0 Å². The summed E-state index contributed by atoms with van der Waals surface area (Å²) in [6.45, 7) is 3.75. The molecule has 4 nitrogen and oxygen atoms in total. The minimum Gasteiger partial charge on any atom is -0.378 e. The van der Waals surface area contributed by atoms with Gasteiger partial charge in [0.05, 0.1) is 6.10 Å². The van der Waals surface area contributed by atoms with Crippen LogP contribution in [0.25, 0.3) is 0 Å². The molecule has 0 aromatic heterocycles. The van der Waals surface area contributed by atoms with Gasteiger partial charge in [-0.05, 0) is 37.7 Å². The number of fused-ring (bicyclic) bond motifs is 1. The van der Waals surface area contributed by atoms with Gasteiger partial charge in [-0.15, -0.1) is 0 Å². The highest BCUT2D eigenvalue weighted by Gasteiger charge is 2.42. The summed E-state index contributed by atoms with van der Waals surface area (Å²) in [7, 11) is 0. The number of hydrogen-bond donors (Lipinski definition) is 1. The molecule has 1 aliphatic carbocycles. The molecule has 130 valence electrons. The van der Waals surface area contributed by atoms with E-state index in [2.05, 4.69) is 40.5 Å². The molecule has 2 aliphatic heterocycles. The van der Waals surface area contributed by atoms with E-state index in [-0.39, 0.29) is 17.9 Å². The maximum Gasteiger partial charge on any atom is 0.223 e. The van der Waals surface area contributed by atoms with Crippen molar-refractivity contribution < 1.29 is 9.53 Å². The fourth-order valence-electron chi connectivity index (χ4n) is 4.36. The molecular formula is C20H28N2O2. The number of ether oxygens (including phenoxy) is 1. The molecule has 3 aliphatic rings. The third-order valence-corrected chi connectivity index (χ3v) is 5.99. The molecule has 2 saturated heterocycles. The molecule has 24 heavy (non-hydrogen) atoms.